The fraction of sp³-hybridized carbons (Fsp3) is 0.182. The molecule has 31 heavy (non-hydrogen) atoms. The third-order valence-corrected chi connectivity index (χ3v) is 4.85. The topological polar surface area (TPSA) is 101 Å². The first kappa shape index (κ1) is 20.1. The standard InChI is InChI=1S/C22H20N4O5/c1-14-7-4-5-9-16(14)26-12-11-25(21(27)22(26)28)13-18-23-20(24-31-18)15-8-6-10-17(29-2)19(15)30-3/h4-12H,13H2,1-3H3. The average Bonchev–Trinajstić information content (AvgIpc) is 3.25. The van der Waals surface area contributed by atoms with Gasteiger partial charge in [-0.3, -0.25) is 18.7 Å². The van der Waals surface area contributed by atoms with Crippen LogP contribution in [0.2, 0.25) is 0 Å². The van der Waals surface area contributed by atoms with Gasteiger partial charge in [0.15, 0.2) is 11.5 Å². The number of hydrogen-bond donors (Lipinski definition) is 0. The van der Waals surface area contributed by atoms with E-state index < -0.39 is 11.1 Å². The summed E-state index contributed by atoms with van der Waals surface area (Å²) < 4.78 is 18.6. The zero-order chi connectivity index (χ0) is 22.0. The van der Waals surface area contributed by atoms with Crippen molar-refractivity contribution in [2.75, 3.05) is 14.2 Å². The Morgan fingerprint density at radius 3 is 2.52 bits per heavy atom. The maximum atomic E-state index is 12.6. The smallest absolute Gasteiger partial charge is 0.320 e. The number of ether oxygens (including phenoxy) is 2. The van der Waals surface area contributed by atoms with Crippen LogP contribution in [-0.4, -0.2) is 33.5 Å². The van der Waals surface area contributed by atoms with E-state index in [4.69, 9.17) is 14.0 Å². The Balaban J connectivity index is 1.66. The lowest BCUT2D eigenvalue weighted by Gasteiger charge is -2.10. The summed E-state index contributed by atoms with van der Waals surface area (Å²) in [5, 5.41) is 3.98. The van der Waals surface area contributed by atoms with Crippen LogP contribution in [0.1, 0.15) is 11.5 Å². The van der Waals surface area contributed by atoms with Gasteiger partial charge in [-0.15, -0.1) is 0 Å². The molecule has 2 aromatic heterocycles. The SMILES string of the molecule is COc1cccc(-c2noc(Cn3ccn(-c4ccccc4C)c(=O)c3=O)n2)c1OC. The molecular weight excluding hydrogens is 400 g/mol. The number of nitrogens with zero attached hydrogens (tertiary/aromatic N) is 4. The molecule has 0 saturated heterocycles. The summed E-state index contributed by atoms with van der Waals surface area (Å²) in [6.45, 7) is 1.84. The molecule has 0 amide bonds. The molecule has 0 unspecified atom stereocenters. The van der Waals surface area contributed by atoms with Crippen molar-refractivity contribution in [2.45, 2.75) is 13.5 Å². The van der Waals surface area contributed by atoms with E-state index >= 15 is 0 Å². The lowest BCUT2D eigenvalue weighted by atomic mass is 10.1. The van der Waals surface area contributed by atoms with Crippen molar-refractivity contribution >= 4 is 0 Å². The molecule has 0 aliphatic rings. The van der Waals surface area contributed by atoms with Gasteiger partial charge in [-0.05, 0) is 30.7 Å². The quantitative estimate of drug-likeness (QED) is 0.442. The van der Waals surface area contributed by atoms with Crippen LogP contribution in [0.15, 0.2) is 69.0 Å². The predicted molar refractivity (Wildman–Crippen MR) is 113 cm³/mol. The summed E-state index contributed by atoms with van der Waals surface area (Å²) in [5.74, 6) is 1.46. The van der Waals surface area contributed by atoms with Gasteiger partial charge in [0.05, 0.1) is 25.5 Å². The van der Waals surface area contributed by atoms with Crippen LogP contribution in [0.25, 0.3) is 17.1 Å². The van der Waals surface area contributed by atoms with Crippen LogP contribution in [-0.2, 0) is 6.54 Å². The number of methoxy groups -OCH3 is 2. The molecule has 9 nitrogen and oxygen atoms in total. The first-order valence-electron chi connectivity index (χ1n) is 9.45. The maximum absolute atomic E-state index is 12.6. The fourth-order valence-electron chi connectivity index (χ4n) is 3.29. The fourth-order valence-corrected chi connectivity index (χ4v) is 3.29. The molecule has 2 heterocycles. The van der Waals surface area contributed by atoms with Crippen LogP contribution in [0.3, 0.4) is 0 Å². The first-order valence-corrected chi connectivity index (χ1v) is 9.45. The van der Waals surface area contributed by atoms with Gasteiger partial charge in [0.2, 0.25) is 11.7 Å². The number of aromatic nitrogens is 4. The van der Waals surface area contributed by atoms with E-state index in [0.29, 0.717) is 22.7 Å². The lowest BCUT2D eigenvalue weighted by Crippen LogP contribution is -2.40. The molecule has 0 bridgehead atoms. The summed E-state index contributed by atoms with van der Waals surface area (Å²) in [5.41, 5.74) is 0.770. The zero-order valence-electron chi connectivity index (χ0n) is 17.2. The number of benzene rings is 2. The molecule has 4 rings (SSSR count). The summed E-state index contributed by atoms with van der Waals surface area (Å²) in [6, 6.07) is 12.6. The third kappa shape index (κ3) is 3.73. The van der Waals surface area contributed by atoms with E-state index in [1.807, 2.05) is 25.1 Å². The van der Waals surface area contributed by atoms with Crippen LogP contribution in [0, 0.1) is 6.92 Å². The van der Waals surface area contributed by atoms with E-state index in [-0.39, 0.29) is 18.3 Å². The van der Waals surface area contributed by atoms with Crippen LogP contribution in [0.5, 0.6) is 11.5 Å². The number of hydrogen-bond acceptors (Lipinski definition) is 7. The van der Waals surface area contributed by atoms with Crippen molar-refractivity contribution < 1.29 is 14.0 Å². The highest BCUT2D eigenvalue weighted by Crippen LogP contribution is 2.36. The second-order valence-corrected chi connectivity index (χ2v) is 6.75. The Kier molecular flexibility index (Phi) is 5.40. The molecule has 0 aliphatic heterocycles. The predicted octanol–water partition coefficient (Wildman–Crippen LogP) is 2.42. The zero-order valence-corrected chi connectivity index (χ0v) is 17.2. The van der Waals surface area contributed by atoms with Crippen molar-refractivity contribution in [1.29, 1.82) is 0 Å². The van der Waals surface area contributed by atoms with E-state index in [0.717, 1.165) is 5.56 Å². The molecule has 158 valence electrons. The minimum Gasteiger partial charge on any atom is -0.493 e. The second-order valence-electron chi connectivity index (χ2n) is 6.75. The molecule has 0 N–H and O–H groups in total. The van der Waals surface area contributed by atoms with Gasteiger partial charge < -0.3 is 14.0 Å². The first-order chi connectivity index (χ1) is 15.0. The molecule has 0 aliphatic carbocycles. The molecular formula is C22H20N4O5. The highest BCUT2D eigenvalue weighted by atomic mass is 16.5. The molecule has 0 radical (unpaired) electrons. The Morgan fingerprint density at radius 2 is 1.77 bits per heavy atom. The molecule has 4 aromatic rings. The van der Waals surface area contributed by atoms with Gasteiger partial charge >= 0.3 is 11.1 Å². The molecule has 0 spiro atoms. The van der Waals surface area contributed by atoms with E-state index in [1.165, 1.54) is 29.6 Å². The minimum atomic E-state index is -0.690. The van der Waals surface area contributed by atoms with Crippen molar-refractivity contribution in [3.63, 3.8) is 0 Å². The van der Waals surface area contributed by atoms with Crippen molar-refractivity contribution in [3.8, 4) is 28.6 Å². The van der Waals surface area contributed by atoms with Gasteiger partial charge in [0.1, 0.15) is 6.54 Å². The van der Waals surface area contributed by atoms with Gasteiger partial charge in [-0.1, -0.05) is 29.4 Å². The molecule has 0 saturated carbocycles. The summed E-state index contributed by atoms with van der Waals surface area (Å²) in [6.07, 6.45) is 3.07. The minimum absolute atomic E-state index is 0.0397. The molecule has 0 atom stereocenters. The third-order valence-electron chi connectivity index (χ3n) is 4.85. The Bertz CT molecular complexity index is 1350. The monoisotopic (exact) mass is 420 g/mol. The van der Waals surface area contributed by atoms with Crippen LogP contribution < -0.4 is 20.6 Å². The van der Waals surface area contributed by atoms with Gasteiger partial charge in [0.25, 0.3) is 0 Å². The van der Waals surface area contributed by atoms with Gasteiger partial charge in [-0.25, -0.2) is 0 Å². The summed E-state index contributed by atoms with van der Waals surface area (Å²) >= 11 is 0. The highest BCUT2D eigenvalue weighted by Gasteiger charge is 2.18. The number of rotatable bonds is 6. The highest BCUT2D eigenvalue weighted by molar-refractivity contribution is 5.68. The Morgan fingerprint density at radius 1 is 0.968 bits per heavy atom. The van der Waals surface area contributed by atoms with Gasteiger partial charge in [-0.2, -0.15) is 4.98 Å². The number of para-hydroxylation sites is 2. The Hall–Kier alpha value is -4.14. The van der Waals surface area contributed by atoms with E-state index in [2.05, 4.69) is 10.1 Å². The molecule has 0 fully saturated rings. The lowest BCUT2D eigenvalue weighted by molar-refractivity contribution is 0.354. The number of aryl methyl sites for hydroxylation is 1. The van der Waals surface area contributed by atoms with Crippen molar-refractivity contribution in [2.24, 2.45) is 0 Å². The van der Waals surface area contributed by atoms with Crippen LogP contribution >= 0.6 is 0 Å². The van der Waals surface area contributed by atoms with E-state index in [1.54, 1.807) is 30.5 Å². The van der Waals surface area contributed by atoms with Gasteiger partial charge in [0, 0.05) is 12.4 Å². The molecule has 9 heteroatoms. The van der Waals surface area contributed by atoms with E-state index in [9.17, 15) is 9.59 Å². The average molecular weight is 420 g/mol. The van der Waals surface area contributed by atoms with Crippen molar-refractivity contribution in [1.82, 2.24) is 19.3 Å². The normalized spacial score (nSPS) is 10.8. The summed E-state index contributed by atoms with van der Waals surface area (Å²) in [4.78, 5) is 29.6. The largest absolute Gasteiger partial charge is 0.493 e. The Labute approximate surface area is 177 Å². The molecule has 2 aromatic carbocycles. The maximum Gasteiger partial charge on any atom is 0.320 e. The van der Waals surface area contributed by atoms with Crippen LogP contribution in [0.4, 0.5) is 0 Å². The summed E-state index contributed by atoms with van der Waals surface area (Å²) in [7, 11) is 3.06. The second kappa shape index (κ2) is 8.31. The van der Waals surface area contributed by atoms with Crippen molar-refractivity contribution in [3.05, 3.63) is 87.0 Å².